The lowest BCUT2D eigenvalue weighted by atomic mass is 10.1. The summed E-state index contributed by atoms with van der Waals surface area (Å²) in [7, 11) is 0. The molecule has 1 atom stereocenters. The second kappa shape index (κ2) is 6.97. The molecule has 0 aromatic carbocycles. The first-order valence-corrected chi connectivity index (χ1v) is 6.63. The van der Waals surface area contributed by atoms with Gasteiger partial charge in [0.05, 0.1) is 24.1 Å². The Kier molecular flexibility index (Phi) is 5.60. The van der Waals surface area contributed by atoms with Crippen molar-refractivity contribution < 1.29 is 9.53 Å². The molecule has 1 heterocycles. The molecule has 0 fully saturated rings. The number of hydrogen-bond donors (Lipinski definition) is 2. The minimum Gasteiger partial charge on any atom is -0.462 e. The predicted molar refractivity (Wildman–Crippen MR) is 77.1 cm³/mol. The van der Waals surface area contributed by atoms with Crippen LogP contribution in [-0.4, -0.2) is 23.6 Å². The SMILES string of the molecule is CCOC(=O)c1cc(NC(C)CC(C)C)ncc1N. The van der Waals surface area contributed by atoms with E-state index in [0.717, 1.165) is 6.42 Å². The van der Waals surface area contributed by atoms with E-state index in [1.165, 1.54) is 6.20 Å². The molecule has 0 bridgehead atoms. The van der Waals surface area contributed by atoms with E-state index in [-0.39, 0.29) is 6.04 Å². The molecular formula is C14H23N3O2. The van der Waals surface area contributed by atoms with Crippen LogP contribution < -0.4 is 11.1 Å². The first-order valence-electron chi connectivity index (χ1n) is 6.63. The van der Waals surface area contributed by atoms with E-state index in [2.05, 4.69) is 31.1 Å². The predicted octanol–water partition coefficient (Wildman–Crippen LogP) is 2.69. The van der Waals surface area contributed by atoms with Gasteiger partial charge in [-0.1, -0.05) is 13.8 Å². The number of hydrogen-bond acceptors (Lipinski definition) is 5. The molecule has 0 aliphatic rings. The van der Waals surface area contributed by atoms with Crippen molar-refractivity contribution in [1.29, 1.82) is 0 Å². The van der Waals surface area contributed by atoms with Crippen molar-refractivity contribution in [2.75, 3.05) is 17.7 Å². The summed E-state index contributed by atoms with van der Waals surface area (Å²) in [6, 6.07) is 1.93. The van der Waals surface area contributed by atoms with Crippen LogP contribution in [0, 0.1) is 5.92 Å². The fourth-order valence-electron chi connectivity index (χ4n) is 1.95. The second-order valence-corrected chi connectivity index (χ2v) is 5.05. The molecule has 0 aliphatic heterocycles. The lowest BCUT2D eigenvalue weighted by Gasteiger charge is -2.17. The van der Waals surface area contributed by atoms with Gasteiger partial charge in [-0.25, -0.2) is 9.78 Å². The summed E-state index contributed by atoms with van der Waals surface area (Å²) < 4.78 is 4.96. The van der Waals surface area contributed by atoms with Crippen molar-refractivity contribution in [1.82, 2.24) is 4.98 Å². The maximum Gasteiger partial charge on any atom is 0.340 e. The molecule has 1 rings (SSSR count). The fourth-order valence-corrected chi connectivity index (χ4v) is 1.95. The van der Waals surface area contributed by atoms with Gasteiger partial charge >= 0.3 is 5.97 Å². The number of esters is 1. The largest absolute Gasteiger partial charge is 0.462 e. The zero-order valence-corrected chi connectivity index (χ0v) is 12.1. The number of nitrogens with zero attached hydrogens (tertiary/aromatic N) is 1. The summed E-state index contributed by atoms with van der Waals surface area (Å²) in [6.45, 7) is 8.51. The van der Waals surface area contributed by atoms with Crippen LogP contribution in [-0.2, 0) is 4.74 Å². The highest BCUT2D eigenvalue weighted by Gasteiger charge is 2.13. The maximum absolute atomic E-state index is 11.7. The molecule has 0 spiro atoms. The van der Waals surface area contributed by atoms with E-state index in [1.54, 1.807) is 13.0 Å². The Hall–Kier alpha value is -1.78. The first-order chi connectivity index (χ1) is 8.93. The number of carbonyl (C=O) groups is 1. The highest BCUT2D eigenvalue weighted by Crippen LogP contribution is 2.18. The van der Waals surface area contributed by atoms with E-state index in [0.29, 0.717) is 29.6 Å². The van der Waals surface area contributed by atoms with Crippen LogP contribution in [0.5, 0.6) is 0 Å². The number of pyridine rings is 1. The van der Waals surface area contributed by atoms with Crippen molar-refractivity contribution in [2.24, 2.45) is 5.92 Å². The van der Waals surface area contributed by atoms with Gasteiger partial charge in [0, 0.05) is 6.04 Å². The molecule has 1 unspecified atom stereocenters. The van der Waals surface area contributed by atoms with Gasteiger partial charge in [0.1, 0.15) is 5.82 Å². The van der Waals surface area contributed by atoms with Crippen LogP contribution in [0.25, 0.3) is 0 Å². The molecule has 19 heavy (non-hydrogen) atoms. The van der Waals surface area contributed by atoms with Gasteiger partial charge in [0.15, 0.2) is 0 Å². The summed E-state index contributed by atoms with van der Waals surface area (Å²) >= 11 is 0. The Morgan fingerprint density at radius 3 is 2.74 bits per heavy atom. The summed E-state index contributed by atoms with van der Waals surface area (Å²) in [5, 5.41) is 3.26. The van der Waals surface area contributed by atoms with Gasteiger partial charge in [-0.05, 0) is 32.3 Å². The van der Waals surface area contributed by atoms with Crippen molar-refractivity contribution in [3.05, 3.63) is 17.8 Å². The Morgan fingerprint density at radius 1 is 1.47 bits per heavy atom. The van der Waals surface area contributed by atoms with E-state index < -0.39 is 5.97 Å². The minimum atomic E-state index is -0.415. The van der Waals surface area contributed by atoms with Gasteiger partial charge < -0.3 is 15.8 Å². The van der Waals surface area contributed by atoms with Gasteiger partial charge in [-0.2, -0.15) is 0 Å². The molecule has 106 valence electrons. The number of aromatic nitrogens is 1. The average Bonchev–Trinajstić information content (AvgIpc) is 2.30. The number of nitrogens with two attached hydrogens (primary N) is 1. The zero-order valence-electron chi connectivity index (χ0n) is 12.1. The molecule has 3 N–H and O–H groups in total. The van der Waals surface area contributed by atoms with E-state index >= 15 is 0 Å². The van der Waals surface area contributed by atoms with Crippen LogP contribution >= 0.6 is 0 Å². The molecular weight excluding hydrogens is 242 g/mol. The van der Waals surface area contributed by atoms with Gasteiger partial charge in [-0.15, -0.1) is 0 Å². The molecule has 0 saturated carbocycles. The summed E-state index contributed by atoms with van der Waals surface area (Å²) in [4.78, 5) is 15.9. The normalized spacial score (nSPS) is 12.3. The van der Waals surface area contributed by atoms with E-state index in [4.69, 9.17) is 10.5 Å². The quantitative estimate of drug-likeness (QED) is 0.773. The standard InChI is InChI=1S/C14H23N3O2/c1-5-19-14(18)11-7-13(16-8-12(11)15)17-10(4)6-9(2)3/h7-10H,5-6,15H2,1-4H3,(H,16,17). The lowest BCUT2D eigenvalue weighted by molar-refractivity contribution is 0.0527. The number of nitrogen functional groups attached to an aromatic ring is 1. The van der Waals surface area contributed by atoms with Gasteiger partial charge in [0.2, 0.25) is 0 Å². The fraction of sp³-hybridized carbons (Fsp3) is 0.571. The van der Waals surface area contributed by atoms with Crippen molar-refractivity contribution in [2.45, 2.75) is 40.2 Å². The van der Waals surface area contributed by atoms with E-state index in [9.17, 15) is 4.79 Å². The monoisotopic (exact) mass is 265 g/mol. The van der Waals surface area contributed by atoms with Gasteiger partial charge in [-0.3, -0.25) is 0 Å². The lowest BCUT2D eigenvalue weighted by Crippen LogP contribution is -2.19. The van der Waals surface area contributed by atoms with Crippen LogP contribution in [0.2, 0.25) is 0 Å². The molecule has 0 radical (unpaired) electrons. The Balaban J connectivity index is 2.81. The topological polar surface area (TPSA) is 77.2 Å². The first kappa shape index (κ1) is 15.3. The molecule has 1 aromatic rings. The highest BCUT2D eigenvalue weighted by molar-refractivity contribution is 5.95. The molecule has 5 nitrogen and oxygen atoms in total. The number of anilines is 2. The zero-order chi connectivity index (χ0) is 14.4. The smallest absolute Gasteiger partial charge is 0.340 e. The van der Waals surface area contributed by atoms with Crippen LogP contribution in [0.15, 0.2) is 12.3 Å². The van der Waals surface area contributed by atoms with Crippen LogP contribution in [0.4, 0.5) is 11.5 Å². The number of ether oxygens (including phenoxy) is 1. The van der Waals surface area contributed by atoms with Crippen molar-refractivity contribution in [3.63, 3.8) is 0 Å². The Morgan fingerprint density at radius 2 is 2.16 bits per heavy atom. The third kappa shape index (κ3) is 4.77. The Bertz CT molecular complexity index is 433. The third-order valence-electron chi connectivity index (χ3n) is 2.65. The second-order valence-electron chi connectivity index (χ2n) is 5.05. The number of carbonyl (C=O) groups excluding carboxylic acids is 1. The molecule has 0 amide bonds. The minimum absolute atomic E-state index is 0.283. The van der Waals surface area contributed by atoms with Crippen LogP contribution in [0.1, 0.15) is 44.5 Å². The highest BCUT2D eigenvalue weighted by atomic mass is 16.5. The molecule has 1 aromatic heterocycles. The average molecular weight is 265 g/mol. The summed E-state index contributed by atoms with van der Waals surface area (Å²) in [5.74, 6) is 0.827. The van der Waals surface area contributed by atoms with Crippen LogP contribution in [0.3, 0.4) is 0 Å². The van der Waals surface area contributed by atoms with Gasteiger partial charge in [0.25, 0.3) is 0 Å². The summed E-state index contributed by atoms with van der Waals surface area (Å²) in [5.41, 5.74) is 6.43. The number of rotatable bonds is 6. The third-order valence-corrected chi connectivity index (χ3v) is 2.65. The van der Waals surface area contributed by atoms with E-state index in [1.807, 2.05) is 0 Å². The molecule has 0 saturated heterocycles. The van der Waals surface area contributed by atoms with Crippen molar-refractivity contribution in [3.8, 4) is 0 Å². The number of nitrogens with one attached hydrogen (secondary N) is 1. The molecule has 0 aliphatic carbocycles. The summed E-state index contributed by atoms with van der Waals surface area (Å²) in [6.07, 6.45) is 2.51. The Labute approximate surface area is 114 Å². The van der Waals surface area contributed by atoms with Crippen molar-refractivity contribution >= 4 is 17.5 Å². The maximum atomic E-state index is 11.7. The molecule has 5 heteroatoms.